The summed E-state index contributed by atoms with van der Waals surface area (Å²) in [4.78, 5) is 11.9. The lowest BCUT2D eigenvalue weighted by Crippen LogP contribution is -2.20. The van der Waals surface area contributed by atoms with E-state index in [1.807, 2.05) is 23.9 Å². The average Bonchev–Trinajstić information content (AvgIpc) is 2.62. The molecule has 0 amide bonds. The number of hydrogen-bond donors (Lipinski definition) is 2. The van der Waals surface area contributed by atoms with Gasteiger partial charge in [-0.2, -0.15) is 0 Å². The van der Waals surface area contributed by atoms with Crippen molar-refractivity contribution in [2.45, 2.75) is 17.4 Å². The Balaban J connectivity index is 2.33. The third-order valence-electron chi connectivity index (χ3n) is 2.34. The largest absolute Gasteiger partial charge is 0.480 e. The lowest BCUT2D eigenvalue weighted by molar-refractivity contribution is -0.138. The summed E-state index contributed by atoms with van der Waals surface area (Å²) in [5.74, 6) is 0.108. The van der Waals surface area contributed by atoms with E-state index in [9.17, 15) is 4.79 Å². The minimum atomic E-state index is -0.976. The average molecular weight is 209 g/mol. The minimum absolute atomic E-state index is 0.693. The van der Waals surface area contributed by atoms with E-state index in [1.165, 1.54) is 10.5 Å². The second-order valence-electron chi connectivity index (χ2n) is 3.28. The lowest BCUT2D eigenvalue weighted by atomic mass is 10.0. The van der Waals surface area contributed by atoms with Crippen molar-refractivity contribution in [1.82, 2.24) is 0 Å². The first-order valence-corrected chi connectivity index (χ1v) is 5.41. The maximum atomic E-state index is 10.7. The predicted molar refractivity (Wildman–Crippen MR) is 55.4 cm³/mol. The SMILES string of the molecule is NC(C(=O)O)c1ccc2c(c1)CCS2. The molecule has 0 radical (unpaired) electrons. The van der Waals surface area contributed by atoms with Crippen LogP contribution in [0.3, 0.4) is 0 Å². The molecule has 0 aliphatic carbocycles. The third-order valence-corrected chi connectivity index (χ3v) is 3.46. The maximum absolute atomic E-state index is 10.7. The van der Waals surface area contributed by atoms with Crippen molar-refractivity contribution < 1.29 is 9.90 Å². The van der Waals surface area contributed by atoms with Crippen molar-refractivity contribution in [2.75, 3.05) is 5.75 Å². The molecule has 1 aliphatic heterocycles. The number of rotatable bonds is 2. The number of nitrogens with two attached hydrogens (primary N) is 1. The number of aliphatic carboxylic acids is 1. The fourth-order valence-electron chi connectivity index (χ4n) is 1.54. The summed E-state index contributed by atoms with van der Waals surface area (Å²) >= 11 is 1.81. The number of carboxylic acid groups (broad SMARTS) is 1. The van der Waals surface area contributed by atoms with E-state index in [0.29, 0.717) is 5.56 Å². The van der Waals surface area contributed by atoms with Crippen LogP contribution in [0, 0.1) is 0 Å². The van der Waals surface area contributed by atoms with Crippen LogP contribution < -0.4 is 5.73 Å². The van der Waals surface area contributed by atoms with Crippen LogP contribution in [0.2, 0.25) is 0 Å². The van der Waals surface area contributed by atoms with Crippen molar-refractivity contribution in [3.63, 3.8) is 0 Å². The normalized spacial score (nSPS) is 16.4. The summed E-state index contributed by atoms with van der Waals surface area (Å²) in [6, 6.07) is 4.78. The van der Waals surface area contributed by atoms with E-state index >= 15 is 0 Å². The first-order valence-electron chi connectivity index (χ1n) is 4.42. The van der Waals surface area contributed by atoms with E-state index in [0.717, 1.165) is 12.2 Å². The van der Waals surface area contributed by atoms with Crippen molar-refractivity contribution in [3.8, 4) is 0 Å². The zero-order chi connectivity index (χ0) is 10.1. The highest BCUT2D eigenvalue weighted by atomic mass is 32.2. The molecule has 0 saturated carbocycles. The molecule has 2 rings (SSSR count). The Morgan fingerprint density at radius 3 is 3.07 bits per heavy atom. The van der Waals surface area contributed by atoms with Gasteiger partial charge in [-0.3, -0.25) is 4.79 Å². The van der Waals surface area contributed by atoms with Gasteiger partial charge in [0.05, 0.1) is 0 Å². The monoisotopic (exact) mass is 209 g/mol. The molecule has 4 heteroatoms. The molecule has 74 valence electrons. The zero-order valence-electron chi connectivity index (χ0n) is 7.56. The first-order chi connectivity index (χ1) is 6.68. The summed E-state index contributed by atoms with van der Waals surface area (Å²) in [5.41, 5.74) is 7.44. The Morgan fingerprint density at radius 2 is 2.36 bits per heavy atom. The summed E-state index contributed by atoms with van der Waals surface area (Å²) in [6.07, 6.45) is 1.01. The first kappa shape index (κ1) is 9.55. The van der Waals surface area contributed by atoms with E-state index in [1.54, 1.807) is 6.07 Å². The number of benzene rings is 1. The topological polar surface area (TPSA) is 63.3 Å². The van der Waals surface area contributed by atoms with Crippen LogP contribution in [0.4, 0.5) is 0 Å². The Morgan fingerprint density at radius 1 is 1.57 bits per heavy atom. The summed E-state index contributed by atoms with van der Waals surface area (Å²) < 4.78 is 0. The van der Waals surface area contributed by atoms with Crippen molar-refractivity contribution in [2.24, 2.45) is 5.73 Å². The summed E-state index contributed by atoms with van der Waals surface area (Å²) in [6.45, 7) is 0. The quantitative estimate of drug-likeness (QED) is 0.773. The molecular formula is C10H11NO2S. The van der Waals surface area contributed by atoms with Gasteiger partial charge in [-0.15, -0.1) is 11.8 Å². The maximum Gasteiger partial charge on any atom is 0.325 e. The fraction of sp³-hybridized carbons (Fsp3) is 0.300. The highest BCUT2D eigenvalue weighted by Crippen LogP contribution is 2.32. The Kier molecular flexibility index (Phi) is 2.48. The number of hydrogen-bond acceptors (Lipinski definition) is 3. The molecule has 1 aromatic rings. The minimum Gasteiger partial charge on any atom is -0.480 e. The molecule has 0 fully saturated rings. The third kappa shape index (κ3) is 1.63. The fourth-order valence-corrected chi connectivity index (χ4v) is 2.60. The van der Waals surface area contributed by atoms with Gasteiger partial charge in [0.2, 0.25) is 0 Å². The van der Waals surface area contributed by atoms with Gasteiger partial charge in [0.15, 0.2) is 0 Å². The standard InChI is InChI=1S/C10H11NO2S/c11-9(10(12)13)7-1-2-8-6(5-7)3-4-14-8/h1-2,5,9H,3-4,11H2,(H,12,13). The molecule has 3 N–H and O–H groups in total. The number of thioether (sulfide) groups is 1. The molecule has 0 saturated heterocycles. The highest BCUT2D eigenvalue weighted by molar-refractivity contribution is 7.99. The van der Waals surface area contributed by atoms with Crippen LogP contribution in [0.5, 0.6) is 0 Å². The van der Waals surface area contributed by atoms with Gasteiger partial charge in [0, 0.05) is 10.6 Å². The Labute approximate surface area is 86.3 Å². The molecule has 0 spiro atoms. The molecule has 3 nitrogen and oxygen atoms in total. The Hall–Kier alpha value is -1.00. The van der Waals surface area contributed by atoms with Crippen LogP contribution in [-0.2, 0) is 11.2 Å². The zero-order valence-corrected chi connectivity index (χ0v) is 8.38. The molecule has 14 heavy (non-hydrogen) atoms. The number of carboxylic acids is 1. The molecule has 1 heterocycles. The van der Waals surface area contributed by atoms with Crippen molar-refractivity contribution in [3.05, 3.63) is 29.3 Å². The number of fused-ring (bicyclic) bond motifs is 1. The summed E-state index contributed by atoms with van der Waals surface area (Å²) in [7, 11) is 0. The molecule has 1 atom stereocenters. The molecule has 0 aromatic heterocycles. The lowest BCUT2D eigenvalue weighted by Gasteiger charge is -2.08. The number of carbonyl (C=O) groups is 1. The van der Waals surface area contributed by atoms with E-state index in [-0.39, 0.29) is 0 Å². The second-order valence-corrected chi connectivity index (χ2v) is 4.42. The van der Waals surface area contributed by atoms with E-state index in [4.69, 9.17) is 10.8 Å². The van der Waals surface area contributed by atoms with Gasteiger partial charge < -0.3 is 10.8 Å². The molecule has 1 aliphatic rings. The van der Waals surface area contributed by atoms with Crippen molar-refractivity contribution in [1.29, 1.82) is 0 Å². The summed E-state index contributed by atoms with van der Waals surface area (Å²) in [5, 5.41) is 8.75. The van der Waals surface area contributed by atoms with Crippen LogP contribution in [0.15, 0.2) is 23.1 Å². The van der Waals surface area contributed by atoms with Crippen LogP contribution in [0.1, 0.15) is 17.2 Å². The Bertz CT molecular complexity index is 378. The van der Waals surface area contributed by atoms with Crippen LogP contribution >= 0.6 is 11.8 Å². The van der Waals surface area contributed by atoms with Crippen LogP contribution in [-0.4, -0.2) is 16.8 Å². The van der Waals surface area contributed by atoms with Gasteiger partial charge in [0.1, 0.15) is 6.04 Å². The van der Waals surface area contributed by atoms with Gasteiger partial charge in [0.25, 0.3) is 0 Å². The number of aryl methyl sites for hydroxylation is 1. The van der Waals surface area contributed by atoms with Gasteiger partial charge in [-0.25, -0.2) is 0 Å². The van der Waals surface area contributed by atoms with Crippen LogP contribution in [0.25, 0.3) is 0 Å². The second kappa shape index (κ2) is 3.63. The smallest absolute Gasteiger partial charge is 0.325 e. The van der Waals surface area contributed by atoms with Gasteiger partial charge in [-0.1, -0.05) is 12.1 Å². The van der Waals surface area contributed by atoms with Crippen molar-refractivity contribution >= 4 is 17.7 Å². The van der Waals surface area contributed by atoms with E-state index in [2.05, 4.69) is 0 Å². The molecule has 1 unspecified atom stereocenters. The molecule has 0 bridgehead atoms. The van der Waals surface area contributed by atoms with Gasteiger partial charge >= 0.3 is 5.97 Å². The highest BCUT2D eigenvalue weighted by Gasteiger charge is 2.17. The molecule has 1 aromatic carbocycles. The van der Waals surface area contributed by atoms with E-state index < -0.39 is 12.0 Å². The van der Waals surface area contributed by atoms with Gasteiger partial charge in [-0.05, 0) is 23.6 Å². The predicted octanol–water partition coefficient (Wildman–Crippen LogP) is 1.42. The molecular weight excluding hydrogens is 198 g/mol.